The number of carboxylic acids is 1. The fraction of sp³-hybridized carbons (Fsp3) is 0.526. The molecule has 0 spiro atoms. The van der Waals surface area contributed by atoms with E-state index in [1.165, 1.54) is 0 Å². The largest absolute Gasteiger partial charge is 0.480 e. The molecular formula is C19H29N3O4. The van der Waals surface area contributed by atoms with Crippen molar-refractivity contribution < 1.29 is 19.5 Å². The van der Waals surface area contributed by atoms with Gasteiger partial charge in [0, 0.05) is 6.42 Å². The van der Waals surface area contributed by atoms with Gasteiger partial charge in [-0.1, -0.05) is 58.0 Å². The maximum absolute atomic E-state index is 12.6. The quantitative estimate of drug-likeness (QED) is 0.520. The molecule has 1 rings (SSSR count). The second-order valence-corrected chi connectivity index (χ2v) is 7.09. The average Bonchev–Trinajstić information content (AvgIpc) is 2.58. The summed E-state index contributed by atoms with van der Waals surface area (Å²) in [6, 6.07) is 6.37. The number of hydrogen-bond donors (Lipinski definition) is 4. The summed E-state index contributed by atoms with van der Waals surface area (Å²) in [5, 5.41) is 14.6. The predicted octanol–water partition coefficient (Wildman–Crippen LogP) is 0.923. The number of carboxylic acid groups (broad SMARTS) is 1. The minimum atomic E-state index is -1.13. The number of rotatable bonds is 9. The highest BCUT2D eigenvalue weighted by molar-refractivity contribution is 5.92. The lowest BCUT2D eigenvalue weighted by Gasteiger charge is -2.26. The van der Waals surface area contributed by atoms with Crippen LogP contribution in [0, 0.1) is 11.8 Å². The fourth-order valence-corrected chi connectivity index (χ4v) is 2.40. The van der Waals surface area contributed by atoms with E-state index in [9.17, 15) is 19.5 Å². The third-order valence-corrected chi connectivity index (χ3v) is 4.17. The van der Waals surface area contributed by atoms with Gasteiger partial charge in [0.2, 0.25) is 11.8 Å². The molecule has 7 nitrogen and oxygen atoms in total. The summed E-state index contributed by atoms with van der Waals surface area (Å²) in [5.74, 6) is -2.38. The molecular weight excluding hydrogens is 334 g/mol. The van der Waals surface area contributed by atoms with Gasteiger partial charge in [0.25, 0.3) is 0 Å². The van der Waals surface area contributed by atoms with Gasteiger partial charge >= 0.3 is 5.97 Å². The SMILES string of the molecule is CC(C)C(N)C(=O)NC(C(=O)NC(Cc1ccccc1)C(=O)O)C(C)C. The normalized spacial score (nSPS) is 14.6. The van der Waals surface area contributed by atoms with E-state index in [4.69, 9.17) is 5.73 Å². The second kappa shape index (κ2) is 9.91. The molecule has 0 saturated carbocycles. The summed E-state index contributed by atoms with van der Waals surface area (Å²) in [7, 11) is 0. The molecule has 7 heteroatoms. The van der Waals surface area contributed by atoms with Crippen LogP contribution in [0.3, 0.4) is 0 Å². The summed E-state index contributed by atoms with van der Waals surface area (Å²) in [6.07, 6.45) is 0.159. The van der Waals surface area contributed by atoms with Crippen molar-refractivity contribution in [1.82, 2.24) is 10.6 Å². The van der Waals surface area contributed by atoms with Gasteiger partial charge in [0.1, 0.15) is 12.1 Å². The predicted molar refractivity (Wildman–Crippen MR) is 99.3 cm³/mol. The number of hydrogen-bond acceptors (Lipinski definition) is 4. The van der Waals surface area contributed by atoms with Crippen LogP contribution in [0.25, 0.3) is 0 Å². The highest BCUT2D eigenvalue weighted by Gasteiger charge is 2.30. The molecule has 0 fully saturated rings. The number of aliphatic carboxylic acids is 1. The molecule has 2 amide bonds. The van der Waals surface area contributed by atoms with Crippen LogP contribution in [0.4, 0.5) is 0 Å². The van der Waals surface area contributed by atoms with E-state index in [1.54, 1.807) is 38.1 Å². The maximum Gasteiger partial charge on any atom is 0.326 e. The molecule has 0 heterocycles. The van der Waals surface area contributed by atoms with Crippen molar-refractivity contribution in [1.29, 1.82) is 0 Å². The summed E-state index contributed by atoms with van der Waals surface area (Å²) in [4.78, 5) is 36.3. The molecule has 0 aliphatic carbocycles. The smallest absolute Gasteiger partial charge is 0.326 e. The molecule has 0 aromatic heterocycles. The van der Waals surface area contributed by atoms with Crippen LogP contribution < -0.4 is 16.4 Å². The molecule has 0 aliphatic heterocycles. The van der Waals surface area contributed by atoms with Crippen molar-refractivity contribution in [3.63, 3.8) is 0 Å². The van der Waals surface area contributed by atoms with Crippen LogP contribution >= 0.6 is 0 Å². The van der Waals surface area contributed by atoms with E-state index in [-0.39, 0.29) is 18.3 Å². The molecule has 0 aliphatic rings. The first-order chi connectivity index (χ1) is 12.1. The van der Waals surface area contributed by atoms with Crippen molar-refractivity contribution in [3.05, 3.63) is 35.9 Å². The zero-order valence-electron chi connectivity index (χ0n) is 15.7. The van der Waals surface area contributed by atoms with E-state index in [1.807, 2.05) is 19.9 Å². The molecule has 0 bridgehead atoms. The summed E-state index contributed by atoms with van der Waals surface area (Å²) in [6.45, 7) is 7.18. The maximum atomic E-state index is 12.6. The summed E-state index contributed by atoms with van der Waals surface area (Å²) >= 11 is 0. The van der Waals surface area contributed by atoms with E-state index >= 15 is 0 Å². The van der Waals surface area contributed by atoms with E-state index in [0.717, 1.165) is 5.56 Å². The molecule has 144 valence electrons. The van der Waals surface area contributed by atoms with Gasteiger partial charge in [-0.3, -0.25) is 9.59 Å². The number of carbonyl (C=O) groups is 3. The molecule has 1 aromatic carbocycles. The highest BCUT2D eigenvalue weighted by atomic mass is 16.4. The molecule has 26 heavy (non-hydrogen) atoms. The van der Waals surface area contributed by atoms with E-state index in [2.05, 4.69) is 10.6 Å². The van der Waals surface area contributed by atoms with E-state index in [0.29, 0.717) is 0 Å². The molecule has 3 atom stereocenters. The number of nitrogens with one attached hydrogen (secondary N) is 2. The van der Waals surface area contributed by atoms with Crippen molar-refractivity contribution in [2.75, 3.05) is 0 Å². The molecule has 5 N–H and O–H groups in total. The van der Waals surface area contributed by atoms with E-state index < -0.39 is 35.9 Å². The Morgan fingerprint density at radius 1 is 0.962 bits per heavy atom. The molecule has 1 aromatic rings. The first-order valence-corrected chi connectivity index (χ1v) is 8.76. The van der Waals surface area contributed by atoms with Crippen LogP contribution in [-0.4, -0.2) is 41.0 Å². The number of nitrogens with two attached hydrogens (primary N) is 1. The Kier molecular flexibility index (Phi) is 8.25. The van der Waals surface area contributed by atoms with Crippen molar-refractivity contribution >= 4 is 17.8 Å². The number of benzene rings is 1. The van der Waals surface area contributed by atoms with Gasteiger partial charge < -0.3 is 21.5 Å². The van der Waals surface area contributed by atoms with Crippen molar-refractivity contribution in [2.45, 2.75) is 52.2 Å². The molecule has 0 radical (unpaired) electrons. The zero-order chi connectivity index (χ0) is 19.9. The Morgan fingerprint density at radius 2 is 1.54 bits per heavy atom. The second-order valence-electron chi connectivity index (χ2n) is 7.09. The number of amides is 2. The molecule has 0 saturated heterocycles. The third kappa shape index (κ3) is 6.48. The lowest BCUT2D eigenvalue weighted by atomic mass is 9.99. The van der Waals surface area contributed by atoms with Crippen LogP contribution in [0.1, 0.15) is 33.3 Å². The van der Waals surface area contributed by atoms with Gasteiger partial charge in [-0.2, -0.15) is 0 Å². The third-order valence-electron chi connectivity index (χ3n) is 4.17. The Morgan fingerprint density at radius 3 is 2.00 bits per heavy atom. The van der Waals surface area contributed by atoms with Crippen molar-refractivity contribution in [2.24, 2.45) is 17.6 Å². The minimum absolute atomic E-state index is 0.0734. The van der Waals surface area contributed by atoms with Crippen LogP contribution in [-0.2, 0) is 20.8 Å². The lowest BCUT2D eigenvalue weighted by molar-refractivity contribution is -0.142. The van der Waals surface area contributed by atoms with Crippen molar-refractivity contribution in [3.8, 4) is 0 Å². The van der Waals surface area contributed by atoms with Crippen LogP contribution in [0.5, 0.6) is 0 Å². The van der Waals surface area contributed by atoms with Crippen LogP contribution in [0.15, 0.2) is 30.3 Å². The van der Waals surface area contributed by atoms with Crippen LogP contribution in [0.2, 0.25) is 0 Å². The average molecular weight is 363 g/mol. The van der Waals surface area contributed by atoms with Gasteiger partial charge in [-0.05, 0) is 17.4 Å². The highest BCUT2D eigenvalue weighted by Crippen LogP contribution is 2.08. The first kappa shape index (κ1) is 21.6. The first-order valence-electron chi connectivity index (χ1n) is 8.76. The standard InChI is InChI=1S/C19H29N3O4/c1-11(2)15(20)17(23)22-16(12(3)4)18(24)21-14(19(25)26)10-13-8-6-5-7-9-13/h5-9,11-12,14-16H,10,20H2,1-4H3,(H,21,24)(H,22,23)(H,25,26). The Labute approximate surface area is 154 Å². The molecule has 3 unspecified atom stereocenters. The van der Waals surface area contributed by atoms with Gasteiger partial charge in [-0.15, -0.1) is 0 Å². The summed E-state index contributed by atoms with van der Waals surface area (Å²) in [5.41, 5.74) is 6.62. The Hall–Kier alpha value is -2.41. The number of carbonyl (C=O) groups excluding carboxylic acids is 2. The fourth-order valence-electron chi connectivity index (χ4n) is 2.40. The Balaban J connectivity index is 2.83. The zero-order valence-corrected chi connectivity index (χ0v) is 15.7. The van der Waals surface area contributed by atoms with Gasteiger partial charge in [0.15, 0.2) is 0 Å². The Bertz CT molecular complexity index is 616. The van der Waals surface area contributed by atoms with Gasteiger partial charge in [0.05, 0.1) is 6.04 Å². The van der Waals surface area contributed by atoms with Gasteiger partial charge in [-0.25, -0.2) is 4.79 Å². The minimum Gasteiger partial charge on any atom is -0.480 e. The summed E-state index contributed by atoms with van der Waals surface area (Å²) < 4.78 is 0. The lowest BCUT2D eigenvalue weighted by Crippen LogP contribution is -2.57. The topological polar surface area (TPSA) is 122 Å². The monoisotopic (exact) mass is 363 g/mol.